The van der Waals surface area contributed by atoms with E-state index in [2.05, 4.69) is 21.8 Å². The Labute approximate surface area is 197 Å². The fourth-order valence-electron chi connectivity index (χ4n) is 4.84. The summed E-state index contributed by atoms with van der Waals surface area (Å²) in [5, 5.41) is 3.50. The van der Waals surface area contributed by atoms with Gasteiger partial charge in [-0.05, 0) is 75.9 Å². The fraction of sp³-hybridized carbons (Fsp3) is 0.440. The van der Waals surface area contributed by atoms with Gasteiger partial charge in [-0.3, -0.25) is 4.79 Å². The second kappa shape index (κ2) is 8.85. The quantitative estimate of drug-likeness (QED) is 0.610. The number of primary amides is 1. The number of halogens is 3. The van der Waals surface area contributed by atoms with Gasteiger partial charge in [0, 0.05) is 30.0 Å². The van der Waals surface area contributed by atoms with Crippen LogP contribution in [0.15, 0.2) is 54.9 Å². The van der Waals surface area contributed by atoms with Crippen LogP contribution in [0.4, 0.5) is 19.0 Å². The standard InChI is InChI=1S/C25H29F3N4O2/c1-15(24(2,3)34-21-9-5-17(6-10-21)25(26,27)28)31-18-12-19-7-8-20(13-18)32(19)22-11-4-16(14-30-22)23(29)33/h4-6,9-11,14,18-20,31H,1,7-8,12-13H2,2-3H3,(H2,29,33). The maximum Gasteiger partial charge on any atom is 0.416 e. The summed E-state index contributed by atoms with van der Waals surface area (Å²) in [5.41, 5.74) is 4.85. The Bertz CT molecular complexity index is 1040. The van der Waals surface area contributed by atoms with Crippen molar-refractivity contribution in [2.24, 2.45) is 5.73 Å². The molecule has 2 aromatic rings. The van der Waals surface area contributed by atoms with Gasteiger partial charge in [-0.15, -0.1) is 0 Å². The number of ether oxygens (including phenoxy) is 1. The molecule has 0 spiro atoms. The Morgan fingerprint density at radius 1 is 1.12 bits per heavy atom. The van der Waals surface area contributed by atoms with Crippen LogP contribution in [0, 0.1) is 0 Å². The highest BCUT2D eigenvalue weighted by Gasteiger charge is 2.42. The minimum Gasteiger partial charge on any atom is -0.482 e. The van der Waals surface area contributed by atoms with Crippen LogP contribution in [-0.4, -0.2) is 34.6 Å². The zero-order valence-electron chi connectivity index (χ0n) is 19.2. The van der Waals surface area contributed by atoms with Crippen molar-refractivity contribution < 1.29 is 22.7 Å². The summed E-state index contributed by atoms with van der Waals surface area (Å²) in [6.45, 7) is 7.84. The number of hydrogen-bond donors (Lipinski definition) is 2. The Hall–Kier alpha value is -3.23. The van der Waals surface area contributed by atoms with E-state index in [1.165, 1.54) is 18.3 Å². The Morgan fingerprint density at radius 2 is 1.74 bits per heavy atom. The van der Waals surface area contributed by atoms with Crippen LogP contribution in [-0.2, 0) is 6.18 Å². The highest BCUT2D eigenvalue weighted by Crippen LogP contribution is 2.39. The van der Waals surface area contributed by atoms with Crippen molar-refractivity contribution in [2.75, 3.05) is 4.90 Å². The Balaban J connectivity index is 1.37. The number of nitrogens with zero attached hydrogens (tertiary/aromatic N) is 2. The molecule has 4 rings (SSSR count). The number of piperidine rings is 1. The van der Waals surface area contributed by atoms with Crippen molar-refractivity contribution in [3.63, 3.8) is 0 Å². The number of carbonyl (C=O) groups is 1. The topological polar surface area (TPSA) is 80.5 Å². The average Bonchev–Trinajstić information content (AvgIpc) is 3.03. The first-order chi connectivity index (χ1) is 15.9. The lowest BCUT2D eigenvalue weighted by atomic mass is 9.95. The van der Waals surface area contributed by atoms with Crippen LogP contribution in [0.3, 0.4) is 0 Å². The molecule has 1 amide bonds. The molecule has 0 radical (unpaired) electrons. The Kier molecular flexibility index (Phi) is 6.22. The lowest BCUT2D eigenvalue weighted by Gasteiger charge is -2.42. The fourth-order valence-corrected chi connectivity index (χ4v) is 4.84. The smallest absolute Gasteiger partial charge is 0.416 e. The molecule has 9 heteroatoms. The number of carbonyl (C=O) groups excluding carboxylic acids is 1. The molecular formula is C25H29F3N4O2. The summed E-state index contributed by atoms with van der Waals surface area (Å²) >= 11 is 0. The van der Waals surface area contributed by atoms with Gasteiger partial charge in [-0.25, -0.2) is 4.98 Å². The van der Waals surface area contributed by atoms with Crippen molar-refractivity contribution in [1.29, 1.82) is 0 Å². The number of pyridine rings is 1. The molecule has 2 saturated heterocycles. The van der Waals surface area contributed by atoms with Gasteiger partial charge in [0.05, 0.1) is 11.1 Å². The van der Waals surface area contributed by atoms with E-state index in [1.807, 2.05) is 19.9 Å². The van der Waals surface area contributed by atoms with Crippen LogP contribution in [0.2, 0.25) is 0 Å². The second-order valence-corrected chi connectivity index (χ2v) is 9.49. The van der Waals surface area contributed by atoms with Gasteiger partial charge in [0.1, 0.15) is 17.2 Å². The largest absolute Gasteiger partial charge is 0.482 e. The second-order valence-electron chi connectivity index (χ2n) is 9.49. The molecule has 2 bridgehead atoms. The van der Waals surface area contributed by atoms with Crippen molar-refractivity contribution >= 4 is 11.7 Å². The zero-order chi connectivity index (χ0) is 24.7. The van der Waals surface area contributed by atoms with E-state index in [4.69, 9.17) is 10.5 Å². The molecule has 2 atom stereocenters. The first-order valence-corrected chi connectivity index (χ1v) is 11.3. The van der Waals surface area contributed by atoms with Crippen LogP contribution >= 0.6 is 0 Å². The van der Waals surface area contributed by atoms with E-state index in [1.54, 1.807) is 6.07 Å². The predicted molar refractivity (Wildman–Crippen MR) is 123 cm³/mol. The first kappa shape index (κ1) is 23.9. The van der Waals surface area contributed by atoms with E-state index >= 15 is 0 Å². The van der Waals surface area contributed by atoms with Gasteiger partial charge < -0.3 is 20.7 Å². The number of fused-ring (bicyclic) bond motifs is 2. The SMILES string of the molecule is C=C(NC1CC2CCC(C1)N2c1ccc(C(N)=O)cn1)C(C)(C)Oc1ccc(C(F)(F)F)cc1. The summed E-state index contributed by atoms with van der Waals surface area (Å²) in [6.07, 6.45) is 1.04. The maximum atomic E-state index is 12.8. The first-order valence-electron chi connectivity index (χ1n) is 11.3. The van der Waals surface area contributed by atoms with Gasteiger partial charge in [-0.2, -0.15) is 13.2 Å². The minimum absolute atomic E-state index is 0.196. The van der Waals surface area contributed by atoms with Crippen LogP contribution in [0.1, 0.15) is 55.5 Å². The summed E-state index contributed by atoms with van der Waals surface area (Å²) < 4.78 is 44.4. The molecule has 0 saturated carbocycles. The molecule has 3 heterocycles. The van der Waals surface area contributed by atoms with Crippen LogP contribution < -0.4 is 20.7 Å². The maximum absolute atomic E-state index is 12.8. The normalized spacial score (nSPS) is 22.4. The summed E-state index contributed by atoms with van der Waals surface area (Å²) in [7, 11) is 0. The number of anilines is 1. The molecule has 2 aliphatic heterocycles. The van der Waals surface area contributed by atoms with E-state index in [0.29, 0.717) is 29.1 Å². The third-order valence-corrected chi connectivity index (χ3v) is 6.69. The summed E-state index contributed by atoms with van der Waals surface area (Å²) in [5.74, 6) is 0.701. The monoisotopic (exact) mass is 474 g/mol. The summed E-state index contributed by atoms with van der Waals surface area (Å²) in [6, 6.07) is 9.06. The Morgan fingerprint density at radius 3 is 2.24 bits per heavy atom. The molecule has 182 valence electrons. The molecule has 34 heavy (non-hydrogen) atoms. The van der Waals surface area contributed by atoms with E-state index in [-0.39, 0.29) is 6.04 Å². The van der Waals surface area contributed by atoms with Gasteiger partial charge in [0.15, 0.2) is 0 Å². The van der Waals surface area contributed by atoms with Crippen molar-refractivity contribution in [3.05, 3.63) is 66.0 Å². The van der Waals surface area contributed by atoms with Gasteiger partial charge in [0.2, 0.25) is 5.91 Å². The van der Waals surface area contributed by atoms with E-state index in [0.717, 1.165) is 43.6 Å². The van der Waals surface area contributed by atoms with Crippen LogP contribution in [0.25, 0.3) is 0 Å². The molecule has 1 aromatic heterocycles. The van der Waals surface area contributed by atoms with Crippen molar-refractivity contribution in [2.45, 2.75) is 69.4 Å². The molecule has 2 fully saturated rings. The lowest BCUT2D eigenvalue weighted by molar-refractivity contribution is -0.137. The van der Waals surface area contributed by atoms with E-state index in [9.17, 15) is 18.0 Å². The summed E-state index contributed by atoms with van der Waals surface area (Å²) in [4.78, 5) is 18.1. The lowest BCUT2D eigenvalue weighted by Crippen LogP contribution is -2.51. The number of alkyl halides is 3. The predicted octanol–water partition coefficient (Wildman–Crippen LogP) is 4.66. The van der Waals surface area contributed by atoms with Gasteiger partial charge in [0.25, 0.3) is 0 Å². The number of nitrogens with one attached hydrogen (secondary N) is 1. The third kappa shape index (κ3) is 4.98. The van der Waals surface area contributed by atoms with Crippen molar-refractivity contribution in [1.82, 2.24) is 10.3 Å². The molecule has 2 unspecified atom stereocenters. The number of aromatic nitrogens is 1. The molecule has 3 N–H and O–H groups in total. The van der Waals surface area contributed by atoms with Crippen molar-refractivity contribution in [3.8, 4) is 5.75 Å². The highest BCUT2D eigenvalue weighted by atomic mass is 19.4. The van der Waals surface area contributed by atoms with Crippen LogP contribution in [0.5, 0.6) is 5.75 Å². The highest BCUT2D eigenvalue weighted by molar-refractivity contribution is 5.92. The van der Waals surface area contributed by atoms with Gasteiger partial charge in [-0.1, -0.05) is 6.58 Å². The van der Waals surface area contributed by atoms with Gasteiger partial charge >= 0.3 is 6.18 Å². The number of nitrogens with two attached hydrogens (primary N) is 1. The molecule has 1 aromatic carbocycles. The van der Waals surface area contributed by atoms with E-state index < -0.39 is 23.2 Å². The minimum atomic E-state index is -4.38. The molecule has 0 aliphatic carbocycles. The number of rotatable bonds is 7. The number of benzene rings is 1. The zero-order valence-corrected chi connectivity index (χ0v) is 19.2. The molecule has 6 nitrogen and oxygen atoms in total. The number of amides is 1. The number of hydrogen-bond acceptors (Lipinski definition) is 5. The average molecular weight is 475 g/mol. The third-order valence-electron chi connectivity index (χ3n) is 6.69. The molecular weight excluding hydrogens is 445 g/mol. The molecule has 2 aliphatic rings.